The normalized spacial score (nSPS) is 17.6. The van der Waals surface area contributed by atoms with Gasteiger partial charge in [-0.2, -0.15) is 0 Å². The molecule has 0 amide bonds. The lowest BCUT2D eigenvalue weighted by molar-refractivity contribution is -0.118. The Labute approximate surface area is 132 Å². The van der Waals surface area contributed by atoms with Crippen molar-refractivity contribution in [3.05, 3.63) is 42.0 Å². The molecule has 0 aliphatic carbocycles. The largest absolute Gasteiger partial charge is 0.394 e. The quantitative estimate of drug-likeness (QED) is 0.409. The number of rotatable bonds is 9. The molecule has 4 atom stereocenters. The zero-order valence-corrected chi connectivity index (χ0v) is 12.4. The molecular weight excluding hydrogens is 286 g/mol. The summed E-state index contributed by atoms with van der Waals surface area (Å²) in [5.41, 5.74) is 1.91. The first kappa shape index (κ1) is 17.1. The van der Waals surface area contributed by atoms with E-state index in [9.17, 15) is 20.4 Å². The second kappa shape index (κ2) is 8.99. The van der Waals surface area contributed by atoms with Gasteiger partial charge in [0.05, 0.1) is 12.7 Å². The SMILES string of the molecule is [2H]CN(Cc1ccc(C=C)cc1)C[C@H](O)[C@@H](O)[C@H](O)[C@H](O)CO. The number of aliphatic hydroxyl groups excluding tert-OH is 5. The van der Waals surface area contributed by atoms with Crippen LogP contribution >= 0.6 is 0 Å². The molecule has 124 valence electrons. The molecule has 1 rings (SSSR count). The maximum Gasteiger partial charge on any atom is 0.111 e. The van der Waals surface area contributed by atoms with Crippen LogP contribution in [0, 0.1) is 0 Å². The van der Waals surface area contributed by atoms with Gasteiger partial charge in [0.15, 0.2) is 0 Å². The van der Waals surface area contributed by atoms with Crippen molar-refractivity contribution < 1.29 is 26.9 Å². The van der Waals surface area contributed by atoms with Crippen molar-refractivity contribution in [1.29, 1.82) is 0 Å². The molecule has 0 spiro atoms. The zero-order chi connectivity index (χ0) is 17.4. The highest BCUT2D eigenvalue weighted by Gasteiger charge is 2.30. The van der Waals surface area contributed by atoms with E-state index >= 15 is 0 Å². The smallest absolute Gasteiger partial charge is 0.111 e. The van der Waals surface area contributed by atoms with Gasteiger partial charge in [-0.15, -0.1) is 0 Å². The third kappa shape index (κ3) is 5.49. The van der Waals surface area contributed by atoms with Gasteiger partial charge in [0, 0.05) is 14.5 Å². The molecule has 0 radical (unpaired) electrons. The second-order valence-corrected chi connectivity index (χ2v) is 5.26. The summed E-state index contributed by atoms with van der Waals surface area (Å²) >= 11 is 0. The average Bonchev–Trinajstić information content (AvgIpc) is 2.59. The molecule has 6 nitrogen and oxygen atoms in total. The van der Waals surface area contributed by atoms with Crippen molar-refractivity contribution in [1.82, 2.24) is 4.90 Å². The van der Waals surface area contributed by atoms with Crippen molar-refractivity contribution in [3.8, 4) is 0 Å². The van der Waals surface area contributed by atoms with Crippen LogP contribution in [0.25, 0.3) is 6.08 Å². The van der Waals surface area contributed by atoms with Crippen LogP contribution in [0.5, 0.6) is 0 Å². The fraction of sp³-hybridized carbons (Fsp3) is 0.500. The standard InChI is InChI=1S/C16H25NO5/c1-3-11-4-6-12(7-5-11)8-17(2)9-13(19)15(21)16(22)14(20)10-18/h3-7,13-16,18-22H,1,8-10H2,2H3/t13-,14+,15+,16+/m0/s1/i2D. The van der Waals surface area contributed by atoms with Gasteiger partial charge in [0.25, 0.3) is 0 Å². The summed E-state index contributed by atoms with van der Waals surface area (Å²) in [6, 6.07) is 7.54. The van der Waals surface area contributed by atoms with Crippen molar-refractivity contribution in [2.45, 2.75) is 31.0 Å². The first-order valence-corrected chi connectivity index (χ1v) is 6.99. The van der Waals surface area contributed by atoms with Crippen LogP contribution in [-0.2, 0) is 6.54 Å². The van der Waals surface area contributed by atoms with Crippen LogP contribution in [-0.4, -0.2) is 75.0 Å². The molecular formula is C16H25NO5. The first-order valence-electron chi connectivity index (χ1n) is 7.69. The molecule has 0 aliphatic rings. The number of likely N-dealkylation sites (N-methyl/N-ethyl adjacent to an activating group) is 1. The minimum atomic E-state index is -1.66. The molecule has 0 saturated heterocycles. The topological polar surface area (TPSA) is 104 Å². The van der Waals surface area contributed by atoms with Crippen molar-refractivity contribution in [3.63, 3.8) is 0 Å². The van der Waals surface area contributed by atoms with E-state index in [-0.39, 0.29) is 13.6 Å². The van der Waals surface area contributed by atoms with Gasteiger partial charge in [-0.05, 0) is 18.2 Å². The Hall–Kier alpha value is -1.28. The summed E-state index contributed by atoms with van der Waals surface area (Å²) in [4.78, 5) is 1.58. The van der Waals surface area contributed by atoms with E-state index in [2.05, 4.69) is 6.58 Å². The number of hydrogen-bond donors (Lipinski definition) is 5. The number of aliphatic hydroxyl groups is 5. The monoisotopic (exact) mass is 312 g/mol. The lowest BCUT2D eigenvalue weighted by Gasteiger charge is -2.28. The maximum absolute atomic E-state index is 9.95. The van der Waals surface area contributed by atoms with Gasteiger partial charge in [-0.1, -0.05) is 36.9 Å². The number of nitrogens with zero attached hydrogens (tertiary/aromatic N) is 1. The highest BCUT2D eigenvalue weighted by atomic mass is 16.4. The Morgan fingerprint density at radius 1 is 1.14 bits per heavy atom. The minimum absolute atomic E-state index is 0.0525. The summed E-state index contributed by atoms with van der Waals surface area (Å²) in [5.74, 6) is 0. The number of benzene rings is 1. The zero-order valence-electron chi connectivity index (χ0n) is 13.4. The summed E-state index contributed by atoms with van der Waals surface area (Å²) in [5, 5.41) is 47.4. The summed E-state index contributed by atoms with van der Waals surface area (Å²) in [6.07, 6.45) is -4.44. The Kier molecular flexibility index (Phi) is 6.98. The summed E-state index contributed by atoms with van der Waals surface area (Å²) in [6.45, 7) is 3.29. The van der Waals surface area contributed by atoms with Gasteiger partial charge in [-0.3, -0.25) is 4.90 Å². The second-order valence-electron chi connectivity index (χ2n) is 5.26. The molecule has 0 saturated carbocycles. The van der Waals surface area contributed by atoms with E-state index in [0.717, 1.165) is 11.1 Å². The van der Waals surface area contributed by atoms with Crippen LogP contribution in [0.1, 0.15) is 12.5 Å². The predicted octanol–water partition coefficient (Wildman–Crippen LogP) is -0.803. The Morgan fingerprint density at radius 3 is 2.23 bits per heavy atom. The van der Waals surface area contributed by atoms with E-state index in [1.54, 1.807) is 11.0 Å². The molecule has 0 aliphatic heterocycles. The maximum atomic E-state index is 9.95. The molecule has 1 aromatic carbocycles. The van der Waals surface area contributed by atoms with E-state index in [1.165, 1.54) is 0 Å². The van der Waals surface area contributed by atoms with E-state index in [1.807, 2.05) is 24.3 Å². The predicted molar refractivity (Wildman–Crippen MR) is 84.0 cm³/mol. The van der Waals surface area contributed by atoms with Crippen LogP contribution in [0.2, 0.25) is 0 Å². The fourth-order valence-electron chi connectivity index (χ4n) is 2.02. The van der Waals surface area contributed by atoms with Crippen LogP contribution < -0.4 is 0 Å². The molecule has 0 unspecified atom stereocenters. The van der Waals surface area contributed by atoms with Gasteiger partial charge in [0.1, 0.15) is 18.3 Å². The minimum Gasteiger partial charge on any atom is -0.394 e. The third-order valence-electron chi connectivity index (χ3n) is 3.39. The van der Waals surface area contributed by atoms with Gasteiger partial charge >= 0.3 is 0 Å². The molecule has 0 fully saturated rings. The van der Waals surface area contributed by atoms with E-state index in [0.29, 0.717) is 6.54 Å². The summed E-state index contributed by atoms with van der Waals surface area (Å²) in [7, 11) is -0.106. The summed E-state index contributed by atoms with van der Waals surface area (Å²) < 4.78 is 7.52. The van der Waals surface area contributed by atoms with Crippen molar-refractivity contribution in [2.24, 2.45) is 0 Å². The lowest BCUT2D eigenvalue weighted by Crippen LogP contribution is -2.49. The lowest BCUT2D eigenvalue weighted by atomic mass is 10.0. The Morgan fingerprint density at radius 2 is 1.73 bits per heavy atom. The Bertz CT molecular complexity index is 470. The molecule has 5 N–H and O–H groups in total. The molecule has 6 heteroatoms. The van der Waals surface area contributed by atoms with Crippen molar-refractivity contribution in [2.75, 3.05) is 20.2 Å². The average molecular weight is 312 g/mol. The Balaban J connectivity index is 2.61. The highest BCUT2D eigenvalue weighted by molar-refractivity contribution is 5.47. The van der Waals surface area contributed by atoms with Gasteiger partial charge < -0.3 is 25.5 Å². The highest BCUT2D eigenvalue weighted by Crippen LogP contribution is 2.10. The fourth-order valence-corrected chi connectivity index (χ4v) is 2.02. The molecule has 22 heavy (non-hydrogen) atoms. The first-order chi connectivity index (χ1) is 10.9. The third-order valence-corrected chi connectivity index (χ3v) is 3.39. The van der Waals surface area contributed by atoms with Gasteiger partial charge in [0.2, 0.25) is 0 Å². The molecule has 0 heterocycles. The van der Waals surface area contributed by atoms with Crippen LogP contribution in [0.15, 0.2) is 30.8 Å². The molecule has 1 aromatic rings. The van der Waals surface area contributed by atoms with Crippen LogP contribution in [0.4, 0.5) is 0 Å². The van der Waals surface area contributed by atoms with Crippen molar-refractivity contribution >= 4 is 6.08 Å². The van der Waals surface area contributed by atoms with E-state index in [4.69, 9.17) is 6.48 Å². The number of hydrogen-bond acceptors (Lipinski definition) is 6. The molecule has 0 bridgehead atoms. The van der Waals surface area contributed by atoms with Crippen LogP contribution in [0.3, 0.4) is 0 Å². The molecule has 0 aromatic heterocycles. The van der Waals surface area contributed by atoms with E-state index < -0.39 is 31.0 Å². The van der Waals surface area contributed by atoms with Gasteiger partial charge in [-0.25, -0.2) is 0 Å².